The van der Waals surface area contributed by atoms with E-state index in [9.17, 15) is 4.39 Å². The molecule has 0 saturated carbocycles. The van der Waals surface area contributed by atoms with Crippen LogP contribution in [0.2, 0.25) is 0 Å². The summed E-state index contributed by atoms with van der Waals surface area (Å²) in [6.07, 6.45) is 0. The van der Waals surface area contributed by atoms with Crippen LogP contribution in [0.25, 0.3) is 11.3 Å². The maximum atomic E-state index is 13.2. The minimum Gasteiger partial charge on any atom is -0.237 e. The highest BCUT2D eigenvalue weighted by Gasteiger charge is 2.05. The van der Waals surface area contributed by atoms with E-state index in [0.717, 1.165) is 17.0 Å². The Morgan fingerprint density at radius 3 is 2.59 bits per heavy atom. The molecule has 17 heavy (non-hydrogen) atoms. The van der Waals surface area contributed by atoms with E-state index >= 15 is 0 Å². The number of nitrogens with zero attached hydrogens (tertiary/aromatic N) is 2. The molecule has 88 valence electrons. The summed E-state index contributed by atoms with van der Waals surface area (Å²) in [5.74, 6) is 0.980. The second kappa shape index (κ2) is 4.84. The topological polar surface area (TPSA) is 25.8 Å². The zero-order valence-corrected chi connectivity index (χ0v) is 10.6. The molecule has 2 rings (SSSR count). The van der Waals surface area contributed by atoms with Crippen molar-refractivity contribution in [2.75, 3.05) is 0 Å². The van der Waals surface area contributed by atoms with Gasteiger partial charge in [0.25, 0.3) is 0 Å². The molecule has 0 spiro atoms. The molecule has 0 saturated heterocycles. The summed E-state index contributed by atoms with van der Waals surface area (Å²) in [5, 5.41) is 0. The maximum Gasteiger partial charge on any atom is 0.138 e. The molecule has 2 nitrogen and oxygen atoms in total. The van der Waals surface area contributed by atoms with Gasteiger partial charge in [-0.25, -0.2) is 14.4 Å². The molecule has 0 aliphatic heterocycles. The minimum absolute atomic E-state index is 0.200. The summed E-state index contributed by atoms with van der Waals surface area (Å²) < 4.78 is 13.2. The van der Waals surface area contributed by atoms with Crippen LogP contribution in [0.15, 0.2) is 24.3 Å². The Kier molecular flexibility index (Phi) is 3.43. The predicted octanol–water partition coefficient (Wildman–Crippen LogP) is 3.33. The second-order valence-electron chi connectivity index (χ2n) is 3.93. The average molecular weight is 248 g/mol. The molecule has 0 amide bonds. The normalized spacial score (nSPS) is 10.6. The SMILES string of the molecule is Cc1cc(-c2ccc(F)c(C)c2)nc(CS)n1. The first-order chi connectivity index (χ1) is 8.10. The fourth-order valence-corrected chi connectivity index (χ4v) is 1.79. The predicted molar refractivity (Wildman–Crippen MR) is 69.6 cm³/mol. The monoisotopic (exact) mass is 248 g/mol. The van der Waals surface area contributed by atoms with E-state index in [1.54, 1.807) is 19.1 Å². The fourth-order valence-electron chi connectivity index (χ4n) is 1.65. The Bertz CT molecular complexity index is 555. The summed E-state index contributed by atoms with van der Waals surface area (Å²) >= 11 is 4.17. The summed E-state index contributed by atoms with van der Waals surface area (Å²) in [6.45, 7) is 3.65. The number of aromatic nitrogens is 2. The van der Waals surface area contributed by atoms with Crippen molar-refractivity contribution in [3.05, 3.63) is 47.2 Å². The van der Waals surface area contributed by atoms with Crippen LogP contribution in [0.1, 0.15) is 17.1 Å². The highest BCUT2D eigenvalue weighted by Crippen LogP contribution is 2.21. The van der Waals surface area contributed by atoms with Crippen molar-refractivity contribution in [3.8, 4) is 11.3 Å². The van der Waals surface area contributed by atoms with E-state index in [0.29, 0.717) is 17.1 Å². The molecular weight excluding hydrogens is 235 g/mol. The minimum atomic E-state index is -0.200. The number of rotatable bonds is 2. The molecule has 0 atom stereocenters. The molecule has 1 aromatic carbocycles. The highest BCUT2D eigenvalue weighted by molar-refractivity contribution is 7.79. The molecule has 0 aliphatic carbocycles. The Morgan fingerprint density at radius 2 is 1.94 bits per heavy atom. The van der Waals surface area contributed by atoms with Gasteiger partial charge >= 0.3 is 0 Å². The van der Waals surface area contributed by atoms with Crippen molar-refractivity contribution in [1.29, 1.82) is 0 Å². The molecular formula is C13H13FN2S. The summed E-state index contributed by atoms with van der Waals surface area (Å²) in [6, 6.07) is 6.87. The number of halogens is 1. The second-order valence-corrected chi connectivity index (χ2v) is 4.25. The van der Waals surface area contributed by atoms with Crippen molar-refractivity contribution in [3.63, 3.8) is 0 Å². The Labute approximate surface area is 105 Å². The van der Waals surface area contributed by atoms with Gasteiger partial charge < -0.3 is 0 Å². The third-order valence-corrected chi connectivity index (χ3v) is 2.78. The summed E-state index contributed by atoms with van der Waals surface area (Å²) in [5.41, 5.74) is 3.22. The van der Waals surface area contributed by atoms with Crippen LogP contribution in [0, 0.1) is 19.7 Å². The molecule has 2 aromatic rings. The van der Waals surface area contributed by atoms with Crippen LogP contribution >= 0.6 is 12.6 Å². The van der Waals surface area contributed by atoms with Gasteiger partial charge in [0.1, 0.15) is 11.6 Å². The van der Waals surface area contributed by atoms with Gasteiger partial charge in [0, 0.05) is 11.3 Å². The van der Waals surface area contributed by atoms with Gasteiger partial charge in [0.2, 0.25) is 0 Å². The van der Waals surface area contributed by atoms with Crippen LogP contribution in [0.5, 0.6) is 0 Å². The standard InChI is InChI=1S/C13H13FN2S/c1-8-5-10(3-4-11(8)14)12-6-9(2)15-13(7-17)16-12/h3-6,17H,7H2,1-2H3. The molecule has 0 aliphatic rings. The first kappa shape index (κ1) is 12.0. The maximum absolute atomic E-state index is 13.2. The highest BCUT2D eigenvalue weighted by atomic mass is 32.1. The molecule has 4 heteroatoms. The quantitative estimate of drug-likeness (QED) is 0.825. The van der Waals surface area contributed by atoms with Gasteiger partial charge in [-0.3, -0.25) is 0 Å². The Morgan fingerprint density at radius 1 is 1.18 bits per heavy atom. The lowest BCUT2D eigenvalue weighted by atomic mass is 10.1. The fraction of sp³-hybridized carbons (Fsp3) is 0.231. The van der Waals surface area contributed by atoms with Crippen molar-refractivity contribution in [2.45, 2.75) is 19.6 Å². The van der Waals surface area contributed by atoms with Crippen molar-refractivity contribution >= 4 is 12.6 Å². The lowest BCUT2D eigenvalue weighted by Crippen LogP contribution is -1.97. The Balaban J connectivity index is 2.52. The van der Waals surface area contributed by atoms with Gasteiger partial charge in [-0.2, -0.15) is 12.6 Å². The average Bonchev–Trinajstić information content (AvgIpc) is 2.32. The van der Waals surface area contributed by atoms with Crippen LogP contribution in [0.3, 0.4) is 0 Å². The van der Waals surface area contributed by atoms with Crippen molar-refractivity contribution < 1.29 is 4.39 Å². The zero-order chi connectivity index (χ0) is 12.4. The Hall–Kier alpha value is -1.42. The summed E-state index contributed by atoms with van der Waals surface area (Å²) in [7, 11) is 0. The summed E-state index contributed by atoms with van der Waals surface area (Å²) in [4.78, 5) is 8.64. The number of aryl methyl sites for hydroxylation is 2. The van der Waals surface area contributed by atoms with E-state index < -0.39 is 0 Å². The molecule has 0 radical (unpaired) electrons. The number of thiol groups is 1. The lowest BCUT2D eigenvalue weighted by molar-refractivity contribution is 0.619. The van der Waals surface area contributed by atoms with E-state index in [2.05, 4.69) is 22.6 Å². The van der Waals surface area contributed by atoms with E-state index in [4.69, 9.17) is 0 Å². The van der Waals surface area contributed by atoms with E-state index in [1.807, 2.05) is 13.0 Å². The van der Waals surface area contributed by atoms with Crippen molar-refractivity contribution in [2.24, 2.45) is 0 Å². The van der Waals surface area contributed by atoms with Gasteiger partial charge in [-0.15, -0.1) is 0 Å². The lowest BCUT2D eigenvalue weighted by Gasteiger charge is -2.06. The third kappa shape index (κ3) is 2.64. The van der Waals surface area contributed by atoms with Crippen LogP contribution in [0.4, 0.5) is 4.39 Å². The van der Waals surface area contributed by atoms with Crippen LogP contribution in [-0.2, 0) is 5.75 Å². The first-order valence-electron chi connectivity index (χ1n) is 5.32. The first-order valence-corrected chi connectivity index (χ1v) is 5.95. The van der Waals surface area contributed by atoms with Gasteiger partial charge in [0.15, 0.2) is 0 Å². The van der Waals surface area contributed by atoms with E-state index in [1.165, 1.54) is 6.07 Å². The number of benzene rings is 1. The number of hydrogen-bond donors (Lipinski definition) is 1. The molecule has 0 bridgehead atoms. The third-order valence-electron chi connectivity index (χ3n) is 2.50. The zero-order valence-electron chi connectivity index (χ0n) is 9.74. The molecule has 1 heterocycles. The van der Waals surface area contributed by atoms with Gasteiger partial charge in [0.05, 0.1) is 11.4 Å². The van der Waals surface area contributed by atoms with Gasteiger partial charge in [-0.1, -0.05) is 0 Å². The smallest absolute Gasteiger partial charge is 0.138 e. The van der Waals surface area contributed by atoms with E-state index in [-0.39, 0.29) is 5.82 Å². The largest absolute Gasteiger partial charge is 0.237 e. The number of hydrogen-bond acceptors (Lipinski definition) is 3. The molecule has 1 aromatic heterocycles. The van der Waals surface area contributed by atoms with Gasteiger partial charge in [-0.05, 0) is 43.7 Å². The van der Waals surface area contributed by atoms with Crippen LogP contribution < -0.4 is 0 Å². The molecule has 0 fully saturated rings. The van der Waals surface area contributed by atoms with Crippen LogP contribution in [-0.4, -0.2) is 9.97 Å². The van der Waals surface area contributed by atoms with Crippen molar-refractivity contribution in [1.82, 2.24) is 9.97 Å². The molecule has 0 unspecified atom stereocenters. The molecule has 0 N–H and O–H groups in total.